The molecule has 8 aromatic carbocycles. The van der Waals surface area contributed by atoms with Gasteiger partial charge in [0.05, 0.1) is 0 Å². The van der Waals surface area contributed by atoms with Crippen LogP contribution in [0.1, 0.15) is 63.5 Å². The van der Waals surface area contributed by atoms with Crippen LogP contribution in [0.2, 0.25) is 0 Å². The fraction of sp³-hybridized carbons (Fsp3) is 0.236. The zero-order valence-corrected chi connectivity index (χ0v) is 33.3. The molecule has 280 valence electrons. The maximum atomic E-state index is 2.63. The topological polar surface area (TPSA) is 6.48 Å². The van der Waals surface area contributed by atoms with Crippen LogP contribution in [0, 0.1) is 0 Å². The maximum absolute atomic E-state index is 2.63. The largest absolute Gasteiger partial charge is 0.372 e. The predicted octanol–water partition coefficient (Wildman–Crippen LogP) is 14.4. The highest BCUT2D eigenvalue weighted by atomic mass is 15.1. The van der Waals surface area contributed by atoms with E-state index in [0.717, 1.165) is 26.2 Å². The molecule has 0 amide bonds. The molecule has 0 atom stereocenters. The molecule has 2 heteroatoms. The Kier molecular flexibility index (Phi) is 8.24. The van der Waals surface area contributed by atoms with Gasteiger partial charge < -0.3 is 9.80 Å². The summed E-state index contributed by atoms with van der Waals surface area (Å²) in [6, 6.07) is 56.1. The van der Waals surface area contributed by atoms with Crippen LogP contribution >= 0.6 is 0 Å². The third-order valence-electron chi connectivity index (χ3n) is 13.7. The Labute approximate surface area is 337 Å². The number of anilines is 2. The maximum Gasteiger partial charge on any atom is 0.0372 e. The lowest BCUT2D eigenvalue weighted by Gasteiger charge is -2.31. The first-order valence-corrected chi connectivity index (χ1v) is 21.4. The highest BCUT2D eigenvalue weighted by Gasteiger charge is 2.35. The molecule has 2 heterocycles. The molecule has 11 rings (SSSR count). The fourth-order valence-electron chi connectivity index (χ4n) is 10.7. The SMILES string of the molecule is CC1(C)c2ccccc2-c2ccc(-c3c4cc(N5CCCCC5)ccc4c(-c4ccccc4-c4ccc5ccccc5c4)c4cc(N5CCCCC5)ccc34)cc21. The summed E-state index contributed by atoms with van der Waals surface area (Å²) in [4.78, 5) is 5.25. The molecule has 3 aliphatic rings. The summed E-state index contributed by atoms with van der Waals surface area (Å²) in [6.07, 6.45) is 7.67. The van der Waals surface area contributed by atoms with E-state index in [1.165, 1.54) is 138 Å². The van der Waals surface area contributed by atoms with Crippen LogP contribution in [0.5, 0.6) is 0 Å². The second-order valence-electron chi connectivity index (χ2n) is 17.3. The standard InChI is InChI=1S/C55H50N2/c1-55(2)51-20-10-9-18-44(51)45-26-23-40(34-52(45)55)53-47-27-24-42(57-31-13-4-14-32-57)36-50(47)54(48-28-25-41(35-49(48)53)56-29-11-3-12-30-56)46-19-8-7-17-43(46)39-22-21-37-15-5-6-16-38(37)33-39/h5-10,15-28,33-36H,3-4,11-14,29-32H2,1-2H3. The van der Waals surface area contributed by atoms with Crippen molar-refractivity contribution in [3.8, 4) is 44.5 Å². The van der Waals surface area contributed by atoms with Crippen molar-refractivity contribution in [2.75, 3.05) is 36.0 Å². The van der Waals surface area contributed by atoms with E-state index in [2.05, 4.69) is 169 Å². The molecule has 0 unspecified atom stereocenters. The number of rotatable bonds is 5. The average molecular weight is 739 g/mol. The molecule has 57 heavy (non-hydrogen) atoms. The number of benzene rings is 8. The van der Waals surface area contributed by atoms with Crippen molar-refractivity contribution in [1.29, 1.82) is 0 Å². The number of nitrogens with zero attached hydrogens (tertiary/aromatic N) is 2. The third-order valence-corrected chi connectivity index (χ3v) is 13.7. The lowest BCUT2D eigenvalue weighted by molar-refractivity contribution is 0.578. The minimum absolute atomic E-state index is 0.0767. The predicted molar refractivity (Wildman–Crippen MR) is 245 cm³/mol. The summed E-state index contributed by atoms with van der Waals surface area (Å²) < 4.78 is 0. The summed E-state index contributed by atoms with van der Waals surface area (Å²) in [5.41, 5.74) is 16.0. The minimum atomic E-state index is -0.0767. The number of hydrogen-bond acceptors (Lipinski definition) is 2. The van der Waals surface area contributed by atoms with Crippen LogP contribution in [0.3, 0.4) is 0 Å². The fourth-order valence-corrected chi connectivity index (χ4v) is 10.7. The molecule has 0 saturated carbocycles. The number of piperidine rings is 2. The van der Waals surface area contributed by atoms with E-state index in [-0.39, 0.29) is 5.41 Å². The van der Waals surface area contributed by atoms with E-state index in [1.807, 2.05) is 0 Å². The van der Waals surface area contributed by atoms with Gasteiger partial charge in [0.15, 0.2) is 0 Å². The molecule has 0 spiro atoms. The summed E-state index contributed by atoms with van der Waals surface area (Å²) in [5.74, 6) is 0. The molecule has 2 fully saturated rings. The highest BCUT2D eigenvalue weighted by molar-refractivity contribution is 6.23. The van der Waals surface area contributed by atoms with E-state index in [4.69, 9.17) is 0 Å². The Hall–Kier alpha value is -5.86. The van der Waals surface area contributed by atoms with E-state index in [9.17, 15) is 0 Å². The van der Waals surface area contributed by atoms with Gasteiger partial charge in [0.1, 0.15) is 0 Å². The molecular formula is C55H50N2. The first-order valence-electron chi connectivity index (χ1n) is 21.4. The van der Waals surface area contributed by atoms with Crippen LogP contribution in [0.25, 0.3) is 76.8 Å². The van der Waals surface area contributed by atoms with Crippen molar-refractivity contribution in [2.24, 2.45) is 0 Å². The third kappa shape index (κ3) is 5.67. The van der Waals surface area contributed by atoms with Crippen molar-refractivity contribution >= 4 is 43.7 Å². The zero-order valence-electron chi connectivity index (χ0n) is 33.3. The highest BCUT2D eigenvalue weighted by Crippen LogP contribution is 2.52. The quantitative estimate of drug-likeness (QED) is 0.162. The lowest BCUT2D eigenvalue weighted by Crippen LogP contribution is -2.29. The molecule has 8 aromatic rings. The molecule has 0 radical (unpaired) electrons. The first kappa shape index (κ1) is 34.4. The Morgan fingerprint density at radius 2 is 0.912 bits per heavy atom. The van der Waals surface area contributed by atoms with Crippen LogP contribution in [-0.2, 0) is 5.41 Å². The molecule has 1 aliphatic carbocycles. The summed E-state index contributed by atoms with van der Waals surface area (Å²) >= 11 is 0. The van der Waals surface area contributed by atoms with Crippen LogP contribution in [0.4, 0.5) is 11.4 Å². The minimum Gasteiger partial charge on any atom is -0.372 e. The van der Waals surface area contributed by atoms with Crippen molar-refractivity contribution in [2.45, 2.75) is 57.8 Å². The van der Waals surface area contributed by atoms with Gasteiger partial charge in [-0.25, -0.2) is 0 Å². The second-order valence-corrected chi connectivity index (χ2v) is 17.3. The molecule has 0 bridgehead atoms. The molecule has 0 aromatic heterocycles. The number of hydrogen-bond donors (Lipinski definition) is 0. The van der Waals surface area contributed by atoms with E-state index >= 15 is 0 Å². The van der Waals surface area contributed by atoms with Gasteiger partial charge in [-0.3, -0.25) is 0 Å². The molecular weight excluding hydrogens is 689 g/mol. The molecule has 2 nitrogen and oxygen atoms in total. The van der Waals surface area contributed by atoms with Gasteiger partial charge in [-0.2, -0.15) is 0 Å². The van der Waals surface area contributed by atoms with Crippen LogP contribution in [0.15, 0.2) is 146 Å². The van der Waals surface area contributed by atoms with Gasteiger partial charge in [-0.05, 0) is 163 Å². The Balaban J connectivity index is 1.22. The van der Waals surface area contributed by atoms with Crippen molar-refractivity contribution in [3.63, 3.8) is 0 Å². The lowest BCUT2D eigenvalue weighted by atomic mass is 9.80. The average Bonchev–Trinajstić information content (AvgIpc) is 3.50. The summed E-state index contributed by atoms with van der Waals surface area (Å²) in [5, 5.41) is 7.88. The number of fused-ring (bicyclic) bond motifs is 6. The van der Waals surface area contributed by atoms with Gasteiger partial charge in [0, 0.05) is 43.0 Å². The normalized spacial score (nSPS) is 16.3. The summed E-state index contributed by atoms with van der Waals surface area (Å²) in [7, 11) is 0. The van der Waals surface area contributed by atoms with Gasteiger partial charge >= 0.3 is 0 Å². The van der Waals surface area contributed by atoms with Crippen molar-refractivity contribution in [1.82, 2.24) is 0 Å². The van der Waals surface area contributed by atoms with E-state index < -0.39 is 0 Å². The Morgan fingerprint density at radius 1 is 0.368 bits per heavy atom. The van der Waals surface area contributed by atoms with Gasteiger partial charge in [0.25, 0.3) is 0 Å². The molecule has 0 N–H and O–H groups in total. The van der Waals surface area contributed by atoms with Crippen molar-refractivity contribution < 1.29 is 0 Å². The van der Waals surface area contributed by atoms with Crippen molar-refractivity contribution in [3.05, 3.63) is 157 Å². The van der Waals surface area contributed by atoms with Crippen LogP contribution < -0.4 is 9.80 Å². The van der Waals surface area contributed by atoms with Crippen LogP contribution in [-0.4, -0.2) is 26.2 Å². The van der Waals surface area contributed by atoms with Gasteiger partial charge in [-0.15, -0.1) is 0 Å². The van der Waals surface area contributed by atoms with Gasteiger partial charge in [0.2, 0.25) is 0 Å². The monoisotopic (exact) mass is 738 g/mol. The van der Waals surface area contributed by atoms with E-state index in [1.54, 1.807) is 0 Å². The van der Waals surface area contributed by atoms with E-state index in [0.29, 0.717) is 0 Å². The van der Waals surface area contributed by atoms with Gasteiger partial charge in [-0.1, -0.05) is 123 Å². The smallest absolute Gasteiger partial charge is 0.0372 e. The molecule has 2 saturated heterocycles. The second kappa shape index (κ2) is 13.7. The first-order chi connectivity index (χ1) is 28.0. The Morgan fingerprint density at radius 3 is 1.61 bits per heavy atom. The zero-order chi connectivity index (χ0) is 38.1. The molecule has 2 aliphatic heterocycles. The Bertz CT molecular complexity index is 2850. The summed E-state index contributed by atoms with van der Waals surface area (Å²) in [6.45, 7) is 9.30.